The molecular weight excluding hydrogens is 216 g/mol. The molecule has 4 N–H and O–H groups in total. The summed E-state index contributed by atoms with van der Waals surface area (Å²) in [6.07, 6.45) is 7.40. The van der Waals surface area contributed by atoms with Gasteiger partial charge in [-0.25, -0.2) is 0 Å². The van der Waals surface area contributed by atoms with Crippen LogP contribution >= 0.6 is 0 Å². The lowest BCUT2D eigenvalue weighted by Gasteiger charge is -2.41. The number of carbonyl (C=O) groups is 1. The fourth-order valence-corrected chi connectivity index (χ4v) is 3.01. The van der Waals surface area contributed by atoms with Gasteiger partial charge in [-0.3, -0.25) is 4.79 Å². The van der Waals surface area contributed by atoms with Gasteiger partial charge in [0.1, 0.15) is 0 Å². The van der Waals surface area contributed by atoms with Crippen LogP contribution in [0.3, 0.4) is 0 Å². The first kappa shape index (κ1) is 12.8. The van der Waals surface area contributed by atoms with Crippen LogP contribution in [-0.2, 0) is 4.79 Å². The molecule has 2 rings (SSSR count). The SMILES string of the molecule is NCC1(CC(=O)NC2CCCCC2O)CCC1. The molecule has 0 saturated heterocycles. The first-order chi connectivity index (χ1) is 8.15. The lowest BCUT2D eigenvalue weighted by molar-refractivity contribution is -0.126. The Morgan fingerprint density at radius 1 is 1.29 bits per heavy atom. The topological polar surface area (TPSA) is 75.4 Å². The molecule has 0 heterocycles. The molecule has 2 saturated carbocycles. The van der Waals surface area contributed by atoms with Gasteiger partial charge >= 0.3 is 0 Å². The molecule has 2 aliphatic carbocycles. The van der Waals surface area contributed by atoms with E-state index in [0.29, 0.717) is 13.0 Å². The summed E-state index contributed by atoms with van der Waals surface area (Å²) < 4.78 is 0. The molecule has 0 aromatic heterocycles. The summed E-state index contributed by atoms with van der Waals surface area (Å²) in [5.41, 5.74) is 5.81. The standard InChI is InChI=1S/C13H24N2O2/c14-9-13(6-3-7-13)8-12(17)15-10-4-1-2-5-11(10)16/h10-11,16H,1-9,14H2,(H,15,17). The van der Waals surface area contributed by atoms with Crippen molar-refractivity contribution in [1.29, 1.82) is 0 Å². The zero-order valence-corrected chi connectivity index (χ0v) is 10.5. The molecule has 0 aromatic carbocycles. The highest BCUT2D eigenvalue weighted by Crippen LogP contribution is 2.42. The summed E-state index contributed by atoms with van der Waals surface area (Å²) >= 11 is 0. The molecule has 98 valence electrons. The second-order valence-corrected chi connectivity index (χ2v) is 5.76. The van der Waals surface area contributed by atoms with Gasteiger partial charge in [0.15, 0.2) is 0 Å². The van der Waals surface area contributed by atoms with Gasteiger partial charge in [-0.15, -0.1) is 0 Å². The van der Waals surface area contributed by atoms with E-state index in [2.05, 4.69) is 5.32 Å². The second-order valence-electron chi connectivity index (χ2n) is 5.76. The Bertz CT molecular complexity index is 271. The first-order valence-corrected chi connectivity index (χ1v) is 6.83. The molecule has 1 amide bonds. The largest absolute Gasteiger partial charge is 0.391 e. The summed E-state index contributed by atoms with van der Waals surface area (Å²) in [6.45, 7) is 0.605. The van der Waals surface area contributed by atoms with E-state index in [1.807, 2.05) is 0 Å². The number of amides is 1. The Hall–Kier alpha value is -0.610. The monoisotopic (exact) mass is 240 g/mol. The normalized spacial score (nSPS) is 31.6. The zero-order chi connectivity index (χ0) is 12.3. The van der Waals surface area contributed by atoms with E-state index >= 15 is 0 Å². The Balaban J connectivity index is 1.80. The van der Waals surface area contributed by atoms with Crippen LogP contribution < -0.4 is 11.1 Å². The van der Waals surface area contributed by atoms with Gasteiger partial charge in [0, 0.05) is 6.42 Å². The van der Waals surface area contributed by atoms with Crippen LogP contribution in [0.15, 0.2) is 0 Å². The van der Waals surface area contributed by atoms with Crippen LogP contribution in [0.1, 0.15) is 51.4 Å². The minimum Gasteiger partial charge on any atom is -0.391 e. The van der Waals surface area contributed by atoms with Gasteiger partial charge in [0.25, 0.3) is 0 Å². The first-order valence-electron chi connectivity index (χ1n) is 6.83. The van der Waals surface area contributed by atoms with Crippen molar-refractivity contribution < 1.29 is 9.90 Å². The quantitative estimate of drug-likeness (QED) is 0.684. The maximum absolute atomic E-state index is 11.9. The molecule has 2 fully saturated rings. The number of hydrogen-bond donors (Lipinski definition) is 3. The van der Waals surface area contributed by atoms with E-state index in [4.69, 9.17) is 5.73 Å². The molecule has 2 atom stereocenters. The van der Waals surface area contributed by atoms with Crippen molar-refractivity contribution in [2.75, 3.05) is 6.54 Å². The molecule has 0 radical (unpaired) electrons. The van der Waals surface area contributed by atoms with Gasteiger partial charge in [0.2, 0.25) is 5.91 Å². The van der Waals surface area contributed by atoms with Crippen molar-refractivity contribution in [1.82, 2.24) is 5.32 Å². The van der Waals surface area contributed by atoms with E-state index in [9.17, 15) is 9.90 Å². The van der Waals surface area contributed by atoms with Crippen molar-refractivity contribution in [3.8, 4) is 0 Å². The van der Waals surface area contributed by atoms with Crippen LogP contribution in [0.25, 0.3) is 0 Å². The van der Waals surface area contributed by atoms with Gasteiger partial charge in [-0.05, 0) is 37.6 Å². The van der Waals surface area contributed by atoms with Gasteiger partial charge in [-0.1, -0.05) is 19.3 Å². The molecule has 0 aromatic rings. The van der Waals surface area contributed by atoms with Crippen LogP contribution in [0, 0.1) is 5.41 Å². The highest BCUT2D eigenvalue weighted by molar-refractivity contribution is 5.77. The highest BCUT2D eigenvalue weighted by atomic mass is 16.3. The maximum atomic E-state index is 11.9. The van der Waals surface area contributed by atoms with Gasteiger partial charge in [0.05, 0.1) is 12.1 Å². The molecule has 4 heteroatoms. The summed E-state index contributed by atoms with van der Waals surface area (Å²) in [6, 6.07) is -0.0360. The number of nitrogens with two attached hydrogens (primary N) is 1. The Labute approximate surface area is 103 Å². The van der Waals surface area contributed by atoms with Gasteiger partial charge in [-0.2, -0.15) is 0 Å². The number of rotatable bonds is 4. The number of aliphatic hydroxyl groups excluding tert-OH is 1. The average Bonchev–Trinajstić information content (AvgIpc) is 2.27. The Morgan fingerprint density at radius 3 is 2.53 bits per heavy atom. The van der Waals surface area contributed by atoms with Crippen molar-refractivity contribution in [3.05, 3.63) is 0 Å². The molecule has 0 aliphatic heterocycles. The van der Waals surface area contributed by atoms with Crippen LogP contribution in [0.5, 0.6) is 0 Å². The third-order valence-corrected chi connectivity index (χ3v) is 4.46. The third kappa shape index (κ3) is 2.99. The fraction of sp³-hybridized carbons (Fsp3) is 0.923. The lowest BCUT2D eigenvalue weighted by atomic mass is 9.66. The van der Waals surface area contributed by atoms with Gasteiger partial charge < -0.3 is 16.2 Å². The van der Waals surface area contributed by atoms with E-state index in [1.165, 1.54) is 6.42 Å². The second kappa shape index (κ2) is 5.36. The molecule has 4 nitrogen and oxygen atoms in total. The van der Waals surface area contributed by atoms with Crippen molar-refractivity contribution in [2.24, 2.45) is 11.1 Å². The summed E-state index contributed by atoms with van der Waals surface area (Å²) in [5.74, 6) is 0.0705. The number of nitrogens with one attached hydrogen (secondary N) is 1. The van der Waals surface area contributed by atoms with Crippen LogP contribution in [0.2, 0.25) is 0 Å². The van der Waals surface area contributed by atoms with Crippen molar-refractivity contribution in [2.45, 2.75) is 63.5 Å². The predicted molar refractivity (Wildman–Crippen MR) is 66.4 cm³/mol. The van der Waals surface area contributed by atoms with Crippen molar-refractivity contribution in [3.63, 3.8) is 0 Å². The number of hydrogen-bond acceptors (Lipinski definition) is 3. The maximum Gasteiger partial charge on any atom is 0.220 e. The Morgan fingerprint density at radius 2 is 2.00 bits per heavy atom. The summed E-state index contributed by atoms with van der Waals surface area (Å²) in [4.78, 5) is 11.9. The third-order valence-electron chi connectivity index (χ3n) is 4.46. The van der Waals surface area contributed by atoms with E-state index < -0.39 is 0 Å². The average molecular weight is 240 g/mol. The highest BCUT2D eigenvalue weighted by Gasteiger charge is 2.38. The summed E-state index contributed by atoms with van der Waals surface area (Å²) in [5, 5.41) is 12.8. The van der Waals surface area contributed by atoms with Crippen molar-refractivity contribution >= 4 is 5.91 Å². The van der Waals surface area contributed by atoms with E-state index in [0.717, 1.165) is 38.5 Å². The molecule has 2 aliphatic rings. The number of aliphatic hydroxyl groups is 1. The van der Waals surface area contributed by atoms with Crippen LogP contribution in [-0.4, -0.2) is 29.7 Å². The molecule has 17 heavy (non-hydrogen) atoms. The predicted octanol–water partition coefficient (Wildman–Crippen LogP) is 0.925. The van der Waals surface area contributed by atoms with E-state index in [1.54, 1.807) is 0 Å². The molecule has 0 spiro atoms. The zero-order valence-electron chi connectivity index (χ0n) is 10.5. The van der Waals surface area contributed by atoms with Crippen LogP contribution in [0.4, 0.5) is 0 Å². The number of carbonyl (C=O) groups excluding carboxylic acids is 1. The molecule has 2 unspecified atom stereocenters. The minimum absolute atomic E-state index is 0.0360. The lowest BCUT2D eigenvalue weighted by Crippen LogP contribution is -2.48. The molecule has 0 bridgehead atoms. The van der Waals surface area contributed by atoms with E-state index in [-0.39, 0.29) is 23.5 Å². The Kier molecular flexibility index (Phi) is 4.05. The minimum atomic E-state index is -0.358. The summed E-state index contributed by atoms with van der Waals surface area (Å²) in [7, 11) is 0. The fourth-order valence-electron chi connectivity index (χ4n) is 3.01. The smallest absolute Gasteiger partial charge is 0.220 e. The molecular formula is C13H24N2O2.